The fourth-order valence-corrected chi connectivity index (χ4v) is 1.86. The van der Waals surface area contributed by atoms with Crippen LogP contribution in [0, 0.1) is 5.82 Å². The molecule has 4 nitrogen and oxygen atoms in total. The fourth-order valence-electron chi connectivity index (χ4n) is 1.86. The number of nitrogens with zero attached hydrogens (tertiary/aromatic N) is 1. The Balaban J connectivity index is 3.42. The van der Waals surface area contributed by atoms with Gasteiger partial charge in [0.15, 0.2) is 0 Å². The van der Waals surface area contributed by atoms with Crippen molar-refractivity contribution >= 4 is 17.3 Å². The van der Waals surface area contributed by atoms with E-state index in [2.05, 4.69) is 0 Å². The first-order chi connectivity index (χ1) is 7.90. The predicted octanol–water partition coefficient (Wildman–Crippen LogP) is 2.34. The number of benzene rings is 1. The number of aromatic carboxylic acids is 1. The van der Waals surface area contributed by atoms with Crippen molar-refractivity contribution in [2.45, 2.75) is 26.8 Å². The minimum atomic E-state index is -1.21. The molecule has 0 fully saturated rings. The maximum absolute atomic E-state index is 13.3. The quantitative estimate of drug-likeness (QED) is 0.793. The molecule has 0 saturated carbocycles. The molecule has 0 radical (unpaired) electrons. The monoisotopic (exact) mass is 240 g/mol. The summed E-state index contributed by atoms with van der Waals surface area (Å²) in [6.45, 7) is 6.41. The van der Waals surface area contributed by atoms with Gasteiger partial charge in [-0.3, -0.25) is 0 Å². The van der Waals surface area contributed by atoms with E-state index in [1.165, 1.54) is 12.1 Å². The van der Waals surface area contributed by atoms with Crippen LogP contribution in [-0.2, 0) is 0 Å². The standard InChI is InChI=1S/C12H17FN2O2/c1-4-15(7(2)3)9-6-5-8(13)11(14)10(9)12(16)17/h5-7H,4,14H2,1-3H3,(H,16,17). The number of hydrogen-bond acceptors (Lipinski definition) is 3. The van der Waals surface area contributed by atoms with Crippen LogP contribution in [0.15, 0.2) is 12.1 Å². The Kier molecular flexibility index (Phi) is 3.93. The first kappa shape index (κ1) is 13.3. The zero-order chi connectivity index (χ0) is 13.2. The van der Waals surface area contributed by atoms with Crippen LogP contribution in [0.2, 0.25) is 0 Å². The Morgan fingerprint density at radius 2 is 2.12 bits per heavy atom. The molecule has 0 unspecified atom stereocenters. The van der Waals surface area contributed by atoms with Crippen LogP contribution in [0.1, 0.15) is 31.1 Å². The molecule has 94 valence electrons. The summed E-state index contributed by atoms with van der Waals surface area (Å²) in [6.07, 6.45) is 0. The lowest BCUT2D eigenvalue weighted by Gasteiger charge is -2.29. The molecule has 0 spiro atoms. The van der Waals surface area contributed by atoms with Gasteiger partial charge in [0.1, 0.15) is 11.4 Å². The highest BCUT2D eigenvalue weighted by molar-refractivity contribution is 6.00. The normalized spacial score (nSPS) is 10.6. The van der Waals surface area contributed by atoms with Crippen molar-refractivity contribution in [3.63, 3.8) is 0 Å². The largest absolute Gasteiger partial charge is 0.478 e. The van der Waals surface area contributed by atoms with E-state index >= 15 is 0 Å². The summed E-state index contributed by atoms with van der Waals surface area (Å²) in [7, 11) is 0. The van der Waals surface area contributed by atoms with E-state index in [0.29, 0.717) is 12.2 Å². The zero-order valence-corrected chi connectivity index (χ0v) is 10.2. The molecule has 0 saturated heterocycles. The van der Waals surface area contributed by atoms with Gasteiger partial charge in [-0.15, -0.1) is 0 Å². The Labute approximate surface area is 99.8 Å². The van der Waals surface area contributed by atoms with Gasteiger partial charge in [-0.1, -0.05) is 0 Å². The van der Waals surface area contributed by atoms with Crippen molar-refractivity contribution in [3.8, 4) is 0 Å². The van der Waals surface area contributed by atoms with Gasteiger partial charge in [0.25, 0.3) is 0 Å². The van der Waals surface area contributed by atoms with E-state index in [1.54, 1.807) is 0 Å². The third kappa shape index (κ3) is 2.49. The van der Waals surface area contributed by atoms with Gasteiger partial charge in [-0.2, -0.15) is 0 Å². The highest BCUT2D eigenvalue weighted by Crippen LogP contribution is 2.29. The molecule has 0 amide bonds. The molecule has 0 aliphatic heterocycles. The number of carbonyl (C=O) groups is 1. The Bertz CT molecular complexity index is 433. The molecule has 5 heteroatoms. The van der Waals surface area contributed by atoms with Crippen LogP contribution in [0.5, 0.6) is 0 Å². The molecule has 0 atom stereocenters. The third-order valence-electron chi connectivity index (χ3n) is 2.66. The van der Waals surface area contributed by atoms with Gasteiger partial charge >= 0.3 is 5.97 Å². The second-order valence-electron chi connectivity index (χ2n) is 4.04. The minimum Gasteiger partial charge on any atom is -0.478 e. The van der Waals surface area contributed by atoms with Crippen LogP contribution in [-0.4, -0.2) is 23.7 Å². The second kappa shape index (κ2) is 5.03. The molecule has 1 rings (SSSR count). The average molecular weight is 240 g/mol. The Morgan fingerprint density at radius 3 is 2.53 bits per heavy atom. The van der Waals surface area contributed by atoms with E-state index in [4.69, 9.17) is 10.8 Å². The minimum absolute atomic E-state index is 0.114. The van der Waals surface area contributed by atoms with Crippen molar-refractivity contribution in [2.24, 2.45) is 0 Å². The summed E-state index contributed by atoms with van der Waals surface area (Å²) < 4.78 is 13.3. The summed E-state index contributed by atoms with van der Waals surface area (Å²) in [5.41, 5.74) is 5.47. The fraction of sp³-hybridized carbons (Fsp3) is 0.417. The molecule has 17 heavy (non-hydrogen) atoms. The topological polar surface area (TPSA) is 66.6 Å². The van der Waals surface area contributed by atoms with Crippen LogP contribution in [0.3, 0.4) is 0 Å². The average Bonchev–Trinajstić information content (AvgIpc) is 2.23. The van der Waals surface area contributed by atoms with Crippen molar-refractivity contribution in [2.75, 3.05) is 17.2 Å². The first-order valence-corrected chi connectivity index (χ1v) is 5.48. The van der Waals surface area contributed by atoms with Crippen molar-refractivity contribution in [1.82, 2.24) is 0 Å². The lowest BCUT2D eigenvalue weighted by molar-refractivity contribution is 0.0698. The number of rotatable bonds is 4. The molecule has 0 aliphatic rings. The van der Waals surface area contributed by atoms with Crippen molar-refractivity contribution in [3.05, 3.63) is 23.5 Å². The Morgan fingerprint density at radius 1 is 1.53 bits per heavy atom. The number of halogens is 1. The molecule has 1 aromatic carbocycles. The molecule has 1 aromatic rings. The van der Waals surface area contributed by atoms with Gasteiger partial charge in [0.2, 0.25) is 0 Å². The number of nitrogen functional groups attached to an aromatic ring is 1. The second-order valence-corrected chi connectivity index (χ2v) is 4.04. The lowest BCUT2D eigenvalue weighted by Crippen LogP contribution is -2.32. The highest BCUT2D eigenvalue weighted by Gasteiger charge is 2.21. The maximum atomic E-state index is 13.3. The molecule has 0 aliphatic carbocycles. The van der Waals surface area contributed by atoms with Gasteiger partial charge in [0, 0.05) is 12.6 Å². The van der Waals surface area contributed by atoms with Gasteiger partial charge in [-0.05, 0) is 32.9 Å². The van der Waals surface area contributed by atoms with Crippen LogP contribution in [0.4, 0.5) is 15.8 Å². The summed E-state index contributed by atoms with van der Waals surface area (Å²) in [4.78, 5) is 13.0. The first-order valence-electron chi connectivity index (χ1n) is 5.48. The maximum Gasteiger partial charge on any atom is 0.340 e. The van der Waals surface area contributed by atoms with Gasteiger partial charge in [0.05, 0.1) is 11.4 Å². The highest BCUT2D eigenvalue weighted by atomic mass is 19.1. The summed E-state index contributed by atoms with van der Waals surface area (Å²) in [6, 6.07) is 2.77. The van der Waals surface area contributed by atoms with Gasteiger partial charge in [-0.25, -0.2) is 9.18 Å². The lowest BCUT2D eigenvalue weighted by atomic mass is 10.1. The molecule has 0 heterocycles. The third-order valence-corrected chi connectivity index (χ3v) is 2.66. The van der Waals surface area contributed by atoms with E-state index in [0.717, 1.165) is 0 Å². The van der Waals surface area contributed by atoms with E-state index in [9.17, 15) is 9.18 Å². The number of nitrogens with two attached hydrogens (primary N) is 1. The number of hydrogen-bond donors (Lipinski definition) is 2. The molecule has 0 aromatic heterocycles. The van der Waals surface area contributed by atoms with Crippen LogP contribution < -0.4 is 10.6 Å². The predicted molar refractivity (Wildman–Crippen MR) is 65.9 cm³/mol. The van der Waals surface area contributed by atoms with Crippen LogP contribution in [0.25, 0.3) is 0 Å². The zero-order valence-electron chi connectivity index (χ0n) is 10.2. The van der Waals surface area contributed by atoms with Crippen molar-refractivity contribution in [1.29, 1.82) is 0 Å². The molecule has 3 N–H and O–H groups in total. The van der Waals surface area contributed by atoms with E-state index in [-0.39, 0.29) is 17.3 Å². The summed E-state index contributed by atoms with van der Waals surface area (Å²) in [5, 5.41) is 9.12. The molecular formula is C12H17FN2O2. The van der Waals surface area contributed by atoms with E-state index < -0.39 is 11.8 Å². The summed E-state index contributed by atoms with van der Waals surface area (Å²) in [5.74, 6) is -1.91. The summed E-state index contributed by atoms with van der Waals surface area (Å²) >= 11 is 0. The smallest absolute Gasteiger partial charge is 0.340 e. The number of carboxylic acid groups (broad SMARTS) is 1. The number of carboxylic acids is 1. The SMILES string of the molecule is CCN(c1ccc(F)c(N)c1C(=O)O)C(C)C. The Hall–Kier alpha value is -1.78. The van der Waals surface area contributed by atoms with Crippen LogP contribution >= 0.6 is 0 Å². The molecule has 0 bridgehead atoms. The number of anilines is 2. The molecular weight excluding hydrogens is 223 g/mol. The van der Waals surface area contributed by atoms with Gasteiger partial charge < -0.3 is 15.7 Å². The van der Waals surface area contributed by atoms with E-state index in [1.807, 2.05) is 25.7 Å². The van der Waals surface area contributed by atoms with Crippen molar-refractivity contribution < 1.29 is 14.3 Å².